The monoisotopic (exact) mass is 391 g/mol. The zero-order valence-corrected chi connectivity index (χ0v) is 17.7. The number of furan rings is 1. The Morgan fingerprint density at radius 2 is 1.90 bits per heavy atom. The van der Waals surface area contributed by atoms with Gasteiger partial charge in [0.05, 0.1) is 25.0 Å². The number of fused-ring (bicyclic) bond motifs is 1. The van der Waals surface area contributed by atoms with Crippen molar-refractivity contribution in [3.63, 3.8) is 0 Å². The van der Waals surface area contributed by atoms with Gasteiger partial charge in [0.15, 0.2) is 0 Å². The number of hydrogen-bond donors (Lipinski definition) is 0. The minimum absolute atomic E-state index is 0.000686. The summed E-state index contributed by atoms with van der Waals surface area (Å²) in [4.78, 5) is 15.2. The molecule has 0 saturated heterocycles. The molecule has 29 heavy (non-hydrogen) atoms. The zero-order chi connectivity index (χ0) is 20.6. The number of carbonyl (C=O) groups is 1. The van der Waals surface area contributed by atoms with Gasteiger partial charge in [-0.15, -0.1) is 0 Å². The maximum Gasteiger partial charge on any atom is 0.254 e. The van der Waals surface area contributed by atoms with Crippen LogP contribution in [0.25, 0.3) is 0 Å². The van der Waals surface area contributed by atoms with Crippen molar-refractivity contribution in [3.8, 4) is 0 Å². The fraction of sp³-hybridized carbons (Fsp3) is 0.417. The van der Waals surface area contributed by atoms with Crippen LogP contribution >= 0.6 is 0 Å². The molecule has 1 aliphatic carbocycles. The molecule has 0 spiro atoms. The van der Waals surface area contributed by atoms with Crippen LogP contribution in [-0.4, -0.2) is 20.6 Å². The number of rotatable bonds is 5. The van der Waals surface area contributed by atoms with Gasteiger partial charge in [0.25, 0.3) is 5.91 Å². The second kappa shape index (κ2) is 7.54. The van der Waals surface area contributed by atoms with Crippen molar-refractivity contribution in [1.82, 2.24) is 14.7 Å². The largest absolute Gasteiger partial charge is 0.467 e. The number of nitrogens with zero attached hydrogens (tertiary/aromatic N) is 3. The summed E-state index contributed by atoms with van der Waals surface area (Å²) in [5.41, 5.74) is 5.59. The van der Waals surface area contributed by atoms with Crippen LogP contribution < -0.4 is 0 Å². The van der Waals surface area contributed by atoms with Gasteiger partial charge in [-0.1, -0.05) is 32.9 Å². The van der Waals surface area contributed by atoms with Crippen molar-refractivity contribution in [3.05, 3.63) is 76.5 Å². The predicted molar refractivity (Wildman–Crippen MR) is 113 cm³/mol. The van der Waals surface area contributed by atoms with Gasteiger partial charge in [-0.05, 0) is 60.1 Å². The molecule has 1 aromatic carbocycles. The molecule has 0 fully saturated rings. The van der Waals surface area contributed by atoms with Crippen molar-refractivity contribution >= 4 is 5.91 Å². The van der Waals surface area contributed by atoms with Gasteiger partial charge >= 0.3 is 0 Å². The Labute approximate surface area is 172 Å². The fourth-order valence-corrected chi connectivity index (χ4v) is 4.09. The summed E-state index contributed by atoms with van der Waals surface area (Å²) in [5.74, 6) is 0.775. The Bertz CT molecular complexity index is 992. The van der Waals surface area contributed by atoms with Crippen LogP contribution in [0.4, 0.5) is 0 Å². The van der Waals surface area contributed by atoms with Crippen LogP contribution in [0.2, 0.25) is 0 Å². The molecule has 3 aromatic rings. The maximum absolute atomic E-state index is 13.4. The van der Waals surface area contributed by atoms with E-state index in [2.05, 4.69) is 32.9 Å². The number of amides is 1. The smallest absolute Gasteiger partial charge is 0.254 e. The average molecular weight is 392 g/mol. The zero-order valence-electron chi connectivity index (χ0n) is 17.7. The molecule has 5 nitrogen and oxygen atoms in total. The third kappa shape index (κ3) is 4.00. The third-order valence-corrected chi connectivity index (χ3v) is 5.75. The molecule has 0 atom stereocenters. The Kier molecular flexibility index (Phi) is 5.07. The van der Waals surface area contributed by atoms with E-state index < -0.39 is 0 Å². The first-order valence-corrected chi connectivity index (χ1v) is 10.3. The maximum atomic E-state index is 13.4. The van der Waals surface area contributed by atoms with Crippen LogP contribution in [0, 0.1) is 0 Å². The molecule has 0 bridgehead atoms. The van der Waals surface area contributed by atoms with E-state index >= 15 is 0 Å². The van der Waals surface area contributed by atoms with Crippen LogP contribution in [0.5, 0.6) is 0 Å². The molecule has 2 heterocycles. The van der Waals surface area contributed by atoms with E-state index in [0.29, 0.717) is 18.7 Å². The Morgan fingerprint density at radius 3 is 2.55 bits per heavy atom. The molecule has 1 amide bonds. The predicted octanol–water partition coefficient (Wildman–Crippen LogP) is 4.64. The highest BCUT2D eigenvalue weighted by Gasteiger charge is 2.25. The lowest BCUT2D eigenvalue weighted by molar-refractivity contribution is 0.0714. The van der Waals surface area contributed by atoms with E-state index in [1.807, 2.05) is 40.9 Å². The Morgan fingerprint density at radius 1 is 1.14 bits per heavy atom. The fourth-order valence-electron chi connectivity index (χ4n) is 4.09. The molecule has 2 aromatic heterocycles. The summed E-state index contributed by atoms with van der Waals surface area (Å²) in [6, 6.07) is 11.7. The second-order valence-electron chi connectivity index (χ2n) is 8.92. The van der Waals surface area contributed by atoms with E-state index in [1.165, 1.54) is 16.8 Å². The van der Waals surface area contributed by atoms with Gasteiger partial charge in [-0.2, -0.15) is 5.10 Å². The Hall–Kier alpha value is -2.82. The highest BCUT2D eigenvalue weighted by Crippen LogP contribution is 2.27. The molecule has 152 valence electrons. The number of benzene rings is 1. The average Bonchev–Trinajstić information content (AvgIpc) is 3.41. The summed E-state index contributed by atoms with van der Waals surface area (Å²) in [6.07, 6.45) is 4.92. The Balaban J connectivity index is 1.62. The van der Waals surface area contributed by atoms with E-state index in [9.17, 15) is 4.79 Å². The van der Waals surface area contributed by atoms with E-state index in [4.69, 9.17) is 9.52 Å². The lowest BCUT2D eigenvalue weighted by atomic mass is 9.86. The standard InChI is InChI=1S/C24H29N3O2/c1-24(2,3)18-12-10-17(11-13-18)23(28)27(15-19-7-6-14-29-19)16-21-20-8-5-9-22(20)26(4)25-21/h6-7,10-14H,5,8-9,15-16H2,1-4H3. The number of hydrogen-bond acceptors (Lipinski definition) is 3. The van der Waals surface area contributed by atoms with E-state index in [-0.39, 0.29) is 11.3 Å². The molecular weight excluding hydrogens is 362 g/mol. The topological polar surface area (TPSA) is 51.3 Å². The molecule has 4 rings (SSSR count). The molecule has 0 saturated carbocycles. The summed E-state index contributed by atoms with van der Waals surface area (Å²) in [7, 11) is 2.00. The van der Waals surface area contributed by atoms with Crippen LogP contribution in [0.3, 0.4) is 0 Å². The van der Waals surface area contributed by atoms with Crippen molar-refractivity contribution in [2.75, 3.05) is 0 Å². The van der Waals surface area contributed by atoms with Crippen molar-refractivity contribution in [2.24, 2.45) is 7.05 Å². The van der Waals surface area contributed by atoms with Crippen molar-refractivity contribution < 1.29 is 9.21 Å². The van der Waals surface area contributed by atoms with Crippen molar-refractivity contribution in [2.45, 2.75) is 58.5 Å². The minimum atomic E-state index is -0.000686. The van der Waals surface area contributed by atoms with Gasteiger partial charge in [-0.25, -0.2) is 0 Å². The molecule has 1 aliphatic rings. The first-order valence-electron chi connectivity index (χ1n) is 10.3. The van der Waals surface area contributed by atoms with E-state index in [1.54, 1.807) is 6.26 Å². The SMILES string of the molecule is Cn1nc(CN(Cc2ccco2)C(=O)c2ccc(C(C)(C)C)cc2)c2c1CCC2. The number of aromatic nitrogens is 2. The second-order valence-corrected chi connectivity index (χ2v) is 8.92. The highest BCUT2D eigenvalue weighted by molar-refractivity contribution is 5.94. The van der Waals surface area contributed by atoms with E-state index in [0.717, 1.165) is 30.7 Å². The summed E-state index contributed by atoms with van der Waals surface area (Å²) < 4.78 is 7.51. The van der Waals surface area contributed by atoms with Gasteiger partial charge < -0.3 is 9.32 Å². The normalized spacial score (nSPS) is 13.5. The van der Waals surface area contributed by atoms with Gasteiger partial charge in [0.2, 0.25) is 0 Å². The highest BCUT2D eigenvalue weighted by atomic mass is 16.3. The number of carbonyl (C=O) groups excluding carboxylic acids is 1. The van der Waals surface area contributed by atoms with Crippen LogP contribution in [-0.2, 0) is 38.4 Å². The summed E-state index contributed by atoms with van der Waals surface area (Å²) in [6.45, 7) is 7.44. The molecule has 5 heteroatoms. The third-order valence-electron chi connectivity index (χ3n) is 5.75. The van der Waals surface area contributed by atoms with Crippen molar-refractivity contribution in [1.29, 1.82) is 0 Å². The van der Waals surface area contributed by atoms with Gasteiger partial charge in [0, 0.05) is 18.3 Å². The van der Waals surface area contributed by atoms with Crippen LogP contribution in [0.1, 0.15) is 65.8 Å². The first-order chi connectivity index (χ1) is 13.8. The molecule has 0 radical (unpaired) electrons. The quantitative estimate of drug-likeness (QED) is 0.636. The summed E-state index contributed by atoms with van der Waals surface area (Å²) in [5, 5.41) is 4.72. The lowest BCUT2D eigenvalue weighted by Gasteiger charge is -2.23. The van der Waals surface area contributed by atoms with Gasteiger partial charge in [0.1, 0.15) is 5.76 Å². The molecule has 0 aliphatic heterocycles. The van der Waals surface area contributed by atoms with Crippen LogP contribution in [0.15, 0.2) is 47.1 Å². The summed E-state index contributed by atoms with van der Waals surface area (Å²) >= 11 is 0. The van der Waals surface area contributed by atoms with Gasteiger partial charge in [-0.3, -0.25) is 9.48 Å². The minimum Gasteiger partial charge on any atom is -0.467 e. The molecular formula is C24H29N3O2. The number of aryl methyl sites for hydroxylation is 1. The molecule has 0 N–H and O–H groups in total. The molecule has 0 unspecified atom stereocenters. The lowest BCUT2D eigenvalue weighted by Crippen LogP contribution is -2.30. The first kappa shape index (κ1) is 19.5.